The zero-order valence-corrected chi connectivity index (χ0v) is 15.8. The van der Waals surface area contributed by atoms with Crippen molar-refractivity contribution in [2.45, 2.75) is 13.1 Å². The van der Waals surface area contributed by atoms with E-state index in [1.165, 1.54) is 4.80 Å². The van der Waals surface area contributed by atoms with Crippen molar-refractivity contribution in [3.8, 4) is 11.6 Å². The van der Waals surface area contributed by atoms with Crippen molar-refractivity contribution in [3.63, 3.8) is 0 Å². The maximum absolute atomic E-state index is 12.2. The number of nitrogens with one attached hydrogen (secondary N) is 1. The highest BCUT2D eigenvalue weighted by Gasteiger charge is 2.16. The molecule has 0 unspecified atom stereocenters. The van der Waals surface area contributed by atoms with Crippen LogP contribution in [0.3, 0.4) is 0 Å². The first-order valence-electron chi connectivity index (χ1n) is 9.31. The third-order valence-corrected chi connectivity index (χ3v) is 4.27. The molecule has 0 spiro atoms. The number of ether oxygens (including phenoxy) is 2. The normalized spacial score (nSPS) is 13.9. The van der Waals surface area contributed by atoms with Gasteiger partial charge in [0.05, 0.1) is 13.2 Å². The molecule has 29 heavy (non-hydrogen) atoms. The van der Waals surface area contributed by atoms with Crippen LogP contribution in [-0.4, -0.2) is 57.4 Å². The first-order chi connectivity index (χ1) is 14.3. The number of nitrogens with zero attached hydrogens (tertiary/aromatic N) is 6. The Hall–Kier alpha value is -3.53. The van der Waals surface area contributed by atoms with Gasteiger partial charge in [0.25, 0.3) is 5.95 Å². The average molecular weight is 395 g/mol. The van der Waals surface area contributed by atoms with E-state index in [0.29, 0.717) is 37.3 Å². The zero-order valence-electron chi connectivity index (χ0n) is 15.8. The van der Waals surface area contributed by atoms with Crippen LogP contribution >= 0.6 is 0 Å². The van der Waals surface area contributed by atoms with E-state index >= 15 is 0 Å². The number of aromatic nitrogens is 5. The van der Waals surface area contributed by atoms with Crippen LogP contribution in [0.4, 0.5) is 5.95 Å². The molecule has 3 heterocycles. The summed E-state index contributed by atoms with van der Waals surface area (Å²) in [7, 11) is 0. The van der Waals surface area contributed by atoms with Crippen LogP contribution in [0, 0.1) is 0 Å². The summed E-state index contributed by atoms with van der Waals surface area (Å²) in [4.78, 5) is 19.6. The Morgan fingerprint density at radius 1 is 1.17 bits per heavy atom. The second kappa shape index (κ2) is 9.11. The van der Waals surface area contributed by atoms with Gasteiger partial charge in [-0.2, -0.15) is 4.80 Å². The molecule has 1 aliphatic heterocycles. The van der Waals surface area contributed by atoms with E-state index in [9.17, 15) is 4.79 Å². The molecule has 4 rings (SSSR count). The summed E-state index contributed by atoms with van der Waals surface area (Å²) < 4.78 is 11.0. The molecule has 10 nitrogen and oxygen atoms in total. The van der Waals surface area contributed by atoms with Crippen LogP contribution < -0.4 is 15.0 Å². The Morgan fingerprint density at radius 3 is 2.90 bits per heavy atom. The molecule has 1 aliphatic rings. The molecular formula is C19H21N7O3. The lowest BCUT2D eigenvalue weighted by atomic mass is 10.2. The van der Waals surface area contributed by atoms with E-state index in [-0.39, 0.29) is 12.5 Å². The van der Waals surface area contributed by atoms with Gasteiger partial charge in [-0.15, -0.1) is 5.10 Å². The van der Waals surface area contributed by atoms with E-state index in [1.807, 2.05) is 41.3 Å². The molecule has 1 saturated heterocycles. The summed E-state index contributed by atoms with van der Waals surface area (Å²) >= 11 is 0. The van der Waals surface area contributed by atoms with E-state index in [2.05, 4.69) is 25.7 Å². The minimum Gasteiger partial charge on any atom is -0.439 e. The lowest BCUT2D eigenvalue weighted by Gasteiger charge is -2.24. The van der Waals surface area contributed by atoms with E-state index in [4.69, 9.17) is 9.47 Å². The standard InChI is InChI=1S/C19H21N7O3/c27-17(14-26-23-19(22-24-26)25-8-10-28-11-9-25)21-13-15-4-3-5-16(12-15)29-18-6-1-2-7-20-18/h1-7,12H,8-11,13-14H2,(H,21,27). The van der Waals surface area contributed by atoms with Crippen LogP contribution in [0.1, 0.15) is 5.56 Å². The van der Waals surface area contributed by atoms with Crippen LogP contribution in [-0.2, 0) is 22.6 Å². The number of amides is 1. The molecule has 1 aromatic carbocycles. The summed E-state index contributed by atoms with van der Waals surface area (Å²) in [6.45, 7) is 3.07. The Labute approximate surface area is 167 Å². The highest BCUT2D eigenvalue weighted by atomic mass is 16.5. The second-order valence-corrected chi connectivity index (χ2v) is 6.41. The van der Waals surface area contributed by atoms with Crippen molar-refractivity contribution in [2.75, 3.05) is 31.2 Å². The lowest BCUT2D eigenvalue weighted by molar-refractivity contribution is -0.122. The minimum absolute atomic E-state index is 0.00145. The largest absolute Gasteiger partial charge is 0.439 e. The third-order valence-electron chi connectivity index (χ3n) is 4.27. The van der Waals surface area contributed by atoms with Gasteiger partial charge in [-0.05, 0) is 29.0 Å². The molecule has 0 saturated carbocycles. The summed E-state index contributed by atoms with van der Waals surface area (Å²) in [5.74, 6) is 1.48. The predicted molar refractivity (Wildman–Crippen MR) is 103 cm³/mol. The zero-order chi connectivity index (χ0) is 19.9. The number of hydrogen-bond acceptors (Lipinski definition) is 8. The Balaban J connectivity index is 1.28. The average Bonchev–Trinajstić information content (AvgIpc) is 3.22. The van der Waals surface area contributed by atoms with Gasteiger partial charge in [0.2, 0.25) is 11.8 Å². The summed E-state index contributed by atoms with van der Waals surface area (Å²) in [5, 5.41) is 15.1. The van der Waals surface area contributed by atoms with Gasteiger partial charge < -0.3 is 19.7 Å². The summed E-state index contributed by atoms with van der Waals surface area (Å²) in [6, 6.07) is 12.9. The number of anilines is 1. The SMILES string of the molecule is O=C(Cn1nnc(N2CCOCC2)n1)NCc1cccc(Oc2ccccn2)c1. The third kappa shape index (κ3) is 5.26. The fourth-order valence-corrected chi connectivity index (χ4v) is 2.82. The van der Waals surface area contributed by atoms with Crippen molar-refractivity contribution in [3.05, 3.63) is 54.2 Å². The smallest absolute Gasteiger partial charge is 0.266 e. The van der Waals surface area contributed by atoms with Gasteiger partial charge >= 0.3 is 0 Å². The van der Waals surface area contributed by atoms with Crippen molar-refractivity contribution in [1.29, 1.82) is 0 Å². The topological polar surface area (TPSA) is 107 Å². The molecule has 2 aromatic heterocycles. The molecule has 3 aromatic rings. The molecule has 1 amide bonds. The molecule has 150 valence electrons. The Bertz CT molecular complexity index is 942. The van der Waals surface area contributed by atoms with Gasteiger partial charge in [0, 0.05) is 31.9 Å². The summed E-state index contributed by atoms with van der Waals surface area (Å²) in [5.41, 5.74) is 0.910. The maximum atomic E-state index is 12.2. The molecule has 1 fully saturated rings. The number of tetrazole rings is 1. The molecule has 0 atom stereocenters. The molecule has 0 bridgehead atoms. The molecule has 0 aliphatic carbocycles. The van der Waals surface area contributed by atoms with Gasteiger partial charge in [-0.1, -0.05) is 23.3 Å². The van der Waals surface area contributed by atoms with Gasteiger partial charge in [-0.3, -0.25) is 4.79 Å². The van der Waals surface area contributed by atoms with Crippen molar-refractivity contribution in [2.24, 2.45) is 0 Å². The Kier molecular flexibility index (Phi) is 5.91. The van der Waals surface area contributed by atoms with Crippen molar-refractivity contribution >= 4 is 11.9 Å². The first kappa shape index (κ1) is 18.8. The van der Waals surface area contributed by atoms with Gasteiger partial charge in [0.15, 0.2) is 0 Å². The molecular weight excluding hydrogens is 374 g/mol. The van der Waals surface area contributed by atoms with Gasteiger partial charge in [-0.25, -0.2) is 4.98 Å². The fourth-order valence-electron chi connectivity index (χ4n) is 2.82. The van der Waals surface area contributed by atoms with Crippen molar-refractivity contribution < 1.29 is 14.3 Å². The number of carbonyl (C=O) groups is 1. The van der Waals surface area contributed by atoms with Gasteiger partial charge in [0.1, 0.15) is 12.3 Å². The fraction of sp³-hybridized carbons (Fsp3) is 0.316. The Morgan fingerprint density at radius 2 is 2.07 bits per heavy atom. The number of carbonyl (C=O) groups excluding carboxylic acids is 1. The lowest BCUT2D eigenvalue weighted by Crippen LogP contribution is -2.37. The maximum Gasteiger partial charge on any atom is 0.266 e. The quantitative estimate of drug-likeness (QED) is 0.632. The summed E-state index contributed by atoms with van der Waals surface area (Å²) in [6.07, 6.45) is 1.67. The van der Waals surface area contributed by atoms with Crippen LogP contribution in [0.25, 0.3) is 0 Å². The first-order valence-corrected chi connectivity index (χ1v) is 9.31. The van der Waals surface area contributed by atoms with Crippen LogP contribution in [0.5, 0.6) is 11.6 Å². The van der Waals surface area contributed by atoms with E-state index < -0.39 is 0 Å². The number of benzene rings is 1. The van der Waals surface area contributed by atoms with E-state index in [0.717, 1.165) is 18.7 Å². The minimum atomic E-state index is -0.202. The van der Waals surface area contributed by atoms with Crippen LogP contribution in [0.15, 0.2) is 48.7 Å². The highest BCUT2D eigenvalue weighted by Crippen LogP contribution is 2.19. The molecule has 1 N–H and O–H groups in total. The number of morpholine rings is 1. The highest BCUT2D eigenvalue weighted by molar-refractivity contribution is 5.75. The molecule has 0 radical (unpaired) electrons. The van der Waals surface area contributed by atoms with Crippen molar-refractivity contribution in [1.82, 2.24) is 30.5 Å². The number of rotatable bonds is 7. The van der Waals surface area contributed by atoms with E-state index in [1.54, 1.807) is 12.3 Å². The monoisotopic (exact) mass is 395 g/mol. The second-order valence-electron chi connectivity index (χ2n) is 6.41. The number of pyridine rings is 1. The predicted octanol–water partition coefficient (Wildman–Crippen LogP) is 1.01. The van der Waals surface area contributed by atoms with Crippen LogP contribution in [0.2, 0.25) is 0 Å². The molecule has 10 heteroatoms. The number of hydrogen-bond donors (Lipinski definition) is 1.